The summed E-state index contributed by atoms with van der Waals surface area (Å²) in [7, 11) is -2.09. The van der Waals surface area contributed by atoms with Crippen LogP contribution in [-0.2, 0) is 10.0 Å². The van der Waals surface area contributed by atoms with Gasteiger partial charge in [-0.15, -0.1) is 0 Å². The SMILES string of the molecule is COc1ccc(NS(=O)(=O)c2cc(Br)ccc2C)cc1Br. The fraction of sp³-hybridized carbons (Fsp3) is 0.143. The number of hydrogen-bond donors (Lipinski definition) is 1. The Morgan fingerprint density at radius 3 is 2.43 bits per heavy atom. The van der Waals surface area contributed by atoms with Crippen LogP contribution in [-0.4, -0.2) is 15.5 Å². The summed E-state index contributed by atoms with van der Waals surface area (Å²) in [6, 6.07) is 10.1. The highest BCUT2D eigenvalue weighted by Crippen LogP contribution is 2.29. The second-order valence-corrected chi connectivity index (χ2v) is 7.79. The molecule has 0 spiro atoms. The van der Waals surface area contributed by atoms with Gasteiger partial charge in [0.2, 0.25) is 0 Å². The fourth-order valence-electron chi connectivity index (χ4n) is 1.80. The first-order valence-corrected chi connectivity index (χ1v) is 9.03. The highest BCUT2D eigenvalue weighted by molar-refractivity contribution is 9.10. The van der Waals surface area contributed by atoms with Gasteiger partial charge < -0.3 is 4.74 Å². The van der Waals surface area contributed by atoms with Gasteiger partial charge >= 0.3 is 0 Å². The van der Waals surface area contributed by atoms with E-state index in [4.69, 9.17) is 4.74 Å². The summed E-state index contributed by atoms with van der Waals surface area (Å²) < 4.78 is 34.0. The second-order valence-electron chi connectivity index (χ2n) is 4.36. The summed E-state index contributed by atoms with van der Waals surface area (Å²) in [5, 5.41) is 0. The van der Waals surface area contributed by atoms with Crippen molar-refractivity contribution in [2.24, 2.45) is 0 Å². The number of aryl methyl sites for hydroxylation is 1. The molecule has 4 nitrogen and oxygen atoms in total. The fourth-order valence-corrected chi connectivity index (χ4v) is 4.18. The first kappa shape index (κ1) is 16.3. The number of anilines is 1. The Balaban J connectivity index is 2.37. The van der Waals surface area contributed by atoms with E-state index < -0.39 is 10.0 Å². The van der Waals surface area contributed by atoms with Crippen molar-refractivity contribution >= 4 is 47.6 Å². The number of sulfonamides is 1. The van der Waals surface area contributed by atoms with Gasteiger partial charge in [-0.05, 0) is 58.7 Å². The van der Waals surface area contributed by atoms with Crippen LogP contribution in [0.4, 0.5) is 5.69 Å². The Hall–Kier alpha value is -1.05. The molecule has 0 aliphatic carbocycles. The third kappa shape index (κ3) is 3.78. The lowest BCUT2D eigenvalue weighted by atomic mass is 10.2. The largest absolute Gasteiger partial charge is 0.496 e. The first-order valence-electron chi connectivity index (χ1n) is 5.96. The quantitative estimate of drug-likeness (QED) is 0.778. The molecule has 2 rings (SSSR count). The Bertz CT molecular complexity index is 776. The van der Waals surface area contributed by atoms with Gasteiger partial charge in [-0.25, -0.2) is 8.42 Å². The van der Waals surface area contributed by atoms with E-state index >= 15 is 0 Å². The van der Waals surface area contributed by atoms with Crippen molar-refractivity contribution in [3.8, 4) is 5.75 Å². The molecule has 0 fully saturated rings. The van der Waals surface area contributed by atoms with Crippen molar-refractivity contribution in [2.75, 3.05) is 11.8 Å². The minimum atomic E-state index is -3.64. The van der Waals surface area contributed by atoms with E-state index in [9.17, 15) is 8.42 Å². The van der Waals surface area contributed by atoms with Crippen LogP contribution in [0.2, 0.25) is 0 Å². The molecule has 0 aromatic heterocycles. The Morgan fingerprint density at radius 1 is 1.10 bits per heavy atom. The van der Waals surface area contributed by atoms with Crippen LogP contribution < -0.4 is 9.46 Å². The van der Waals surface area contributed by atoms with Crippen molar-refractivity contribution in [3.63, 3.8) is 0 Å². The molecule has 1 N–H and O–H groups in total. The third-order valence-electron chi connectivity index (χ3n) is 2.84. The third-order valence-corrected chi connectivity index (χ3v) is 5.48. The average Bonchev–Trinajstić information content (AvgIpc) is 2.41. The van der Waals surface area contributed by atoms with Crippen LogP contribution in [0.15, 0.2) is 50.2 Å². The van der Waals surface area contributed by atoms with Crippen molar-refractivity contribution in [2.45, 2.75) is 11.8 Å². The van der Waals surface area contributed by atoms with Gasteiger partial charge in [0.1, 0.15) is 5.75 Å². The zero-order valence-electron chi connectivity index (χ0n) is 11.4. The van der Waals surface area contributed by atoms with Gasteiger partial charge in [0.25, 0.3) is 10.0 Å². The Labute approximate surface area is 140 Å². The smallest absolute Gasteiger partial charge is 0.262 e. The molecule has 2 aromatic carbocycles. The van der Waals surface area contributed by atoms with Crippen molar-refractivity contribution in [3.05, 3.63) is 50.9 Å². The van der Waals surface area contributed by atoms with Crippen LogP contribution in [0.25, 0.3) is 0 Å². The average molecular weight is 435 g/mol. The lowest BCUT2D eigenvalue weighted by Crippen LogP contribution is -2.14. The second kappa shape index (κ2) is 6.37. The van der Waals surface area contributed by atoms with Crippen LogP contribution in [0.3, 0.4) is 0 Å². The number of nitrogens with one attached hydrogen (secondary N) is 1. The highest BCUT2D eigenvalue weighted by atomic mass is 79.9. The zero-order chi connectivity index (χ0) is 15.6. The minimum absolute atomic E-state index is 0.240. The molecule has 0 unspecified atom stereocenters. The number of methoxy groups -OCH3 is 1. The van der Waals surface area contributed by atoms with Crippen molar-refractivity contribution in [1.82, 2.24) is 0 Å². The lowest BCUT2D eigenvalue weighted by Gasteiger charge is -2.12. The van der Waals surface area contributed by atoms with Crippen LogP contribution >= 0.6 is 31.9 Å². The maximum absolute atomic E-state index is 12.5. The molecule has 7 heteroatoms. The summed E-state index contributed by atoms with van der Waals surface area (Å²) in [5.41, 5.74) is 1.14. The summed E-state index contributed by atoms with van der Waals surface area (Å²) in [5.74, 6) is 0.636. The van der Waals surface area contributed by atoms with Gasteiger partial charge in [0.15, 0.2) is 0 Å². The molecule has 21 heavy (non-hydrogen) atoms. The maximum atomic E-state index is 12.5. The summed E-state index contributed by atoms with van der Waals surface area (Å²) in [6.45, 7) is 1.75. The number of halogens is 2. The minimum Gasteiger partial charge on any atom is -0.496 e. The molecule has 0 saturated heterocycles. The molecule has 112 valence electrons. The van der Waals surface area contributed by atoms with Gasteiger partial charge in [-0.2, -0.15) is 0 Å². The maximum Gasteiger partial charge on any atom is 0.262 e. The zero-order valence-corrected chi connectivity index (χ0v) is 15.3. The van der Waals surface area contributed by atoms with Gasteiger partial charge in [-0.3, -0.25) is 4.72 Å². The molecule has 0 saturated carbocycles. The van der Waals surface area contributed by atoms with E-state index in [1.165, 1.54) is 0 Å². The molecule has 0 amide bonds. The molecular formula is C14H13Br2NO3S. The van der Waals surface area contributed by atoms with Gasteiger partial charge in [0, 0.05) is 4.47 Å². The van der Waals surface area contributed by atoms with Crippen LogP contribution in [0.5, 0.6) is 5.75 Å². The number of rotatable bonds is 4. The van der Waals surface area contributed by atoms with E-state index in [0.717, 1.165) is 0 Å². The Morgan fingerprint density at radius 2 is 1.81 bits per heavy atom. The summed E-state index contributed by atoms with van der Waals surface area (Å²) in [6.07, 6.45) is 0. The number of benzene rings is 2. The molecule has 0 heterocycles. The molecule has 0 radical (unpaired) electrons. The lowest BCUT2D eigenvalue weighted by molar-refractivity contribution is 0.412. The summed E-state index contributed by atoms with van der Waals surface area (Å²) >= 11 is 6.62. The van der Waals surface area contributed by atoms with E-state index in [0.29, 0.717) is 25.9 Å². The predicted molar refractivity (Wildman–Crippen MR) is 90.4 cm³/mol. The molecule has 0 aliphatic heterocycles. The van der Waals surface area contributed by atoms with Gasteiger partial charge in [-0.1, -0.05) is 22.0 Å². The monoisotopic (exact) mass is 433 g/mol. The van der Waals surface area contributed by atoms with Crippen molar-refractivity contribution < 1.29 is 13.2 Å². The summed E-state index contributed by atoms with van der Waals surface area (Å²) in [4.78, 5) is 0.240. The van der Waals surface area contributed by atoms with E-state index in [1.807, 2.05) is 0 Å². The Kier molecular flexibility index (Phi) is 4.95. The van der Waals surface area contributed by atoms with E-state index in [-0.39, 0.29) is 4.90 Å². The molecule has 2 aromatic rings. The normalized spacial score (nSPS) is 11.2. The standard InChI is InChI=1S/C14H13Br2NO3S/c1-9-3-4-10(15)7-14(9)21(18,19)17-11-5-6-13(20-2)12(16)8-11/h3-8,17H,1-2H3. The van der Waals surface area contributed by atoms with E-state index in [2.05, 4.69) is 36.6 Å². The molecule has 0 atom stereocenters. The molecule has 0 aliphatic rings. The van der Waals surface area contributed by atoms with E-state index in [1.54, 1.807) is 50.4 Å². The van der Waals surface area contributed by atoms with Crippen LogP contribution in [0, 0.1) is 6.92 Å². The van der Waals surface area contributed by atoms with Crippen LogP contribution in [0.1, 0.15) is 5.56 Å². The topological polar surface area (TPSA) is 55.4 Å². The van der Waals surface area contributed by atoms with Crippen molar-refractivity contribution in [1.29, 1.82) is 0 Å². The number of hydrogen-bond acceptors (Lipinski definition) is 3. The first-order chi connectivity index (χ1) is 9.83. The number of ether oxygens (including phenoxy) is 1. The predicted octanol–water partition coefficient (Wildman–Crippen LogP) is 4.33. The molecular weight excluding hydrogens is 422 g/mol. The highest BCUT2D eigenvalue weighted by Gasteiger charge is 2.17. The molecule has 0 bridgehead atoms. The van der Waals surface area contributed by atoms with Gasteiger partial charge in [0.05, 0.1) is 22.2 Å².